The average molecular weight is 269 g/mol. The molecule has 0 aromatic carbocycles. The van der Waals surface area contributed by atoms with Gasteiger partial charge in [-0.15, -0.1) is 0 Å². The zero-order valence-electron chi connectivity index (χ0n) is 10.8. The predicted molar refractivity (Wildman–Crippen MR) is 72.9 cm³/mol. The number of carboxylic acids is 1. The van der Waals surface area contributed by atoms with Crippen molar-refractivity contribution >= 4 is 17.7 Å². The molecule has 18 heavy (non-hydrogen) atoms. The van der Waals surface area contributed by atoms with E-state index in [1.165, 1.54) is 12.5 Å². The first kappa shape index (κ1) is 14.9. The number of carbonyl (C=O) groups is 1. The Hall–Kier alpha value is -1.14. The van der Waals surface area contributed by atoms with Crippen molar-refractivity contribution in [2.24, 2.45) is 0 Å². The zero-order chi connectivity index (χ0) is 13.4. The molecule has 0 radical (unpaired) electrons. The van der Waals surface area contributed by atoms with E-state index in [0.717, 1.165) is 25.4 Å². The highest BCUT2D eigenvalue weighted by molar-refractivity contribution is 7.98. The second-order valence-electron chi connectivity index (χ2n) is 3.77. The van der Waals surface area contributed by atoms with Gasteiger partial charge in [0.2, 0.25) is 0 Å². The summed E-state index contributed by atoms with van der Waals surface area (Å²) in [5.41, 5.74) is 0.801. The molecule has 1 heterocycles. The van der Waals surface area contributed by atoms with Gasteiger partial charge in [-0.3, -0.25) is 0 Å². The summed E-state index contributed by atoms with van der Waals surface area (Å²) < 4.78 is 0. The van der Waals surface area contributed by atoms with Crippen LogP contribution in [0.4, 0.5) is 0 Å². The molecule has 0 saturated carbocycles. The van der Waals surface area contributed by atoms with Crippen molar-refractivity contribution < 1.29 is 9.90 Å². The molecule has 1 rings (SSSR count). The van der Waals surface area contributed by atoms with Crippen LogP contribution >= 0.6 is 11.8 Å². The van der Waals surface area contributed by atoms with Crippen molar-refractivity contribution in [1.82, 2.24) is 14.9 Å². The minimum absolute atomic E-state index is 0.202. The van der Waals surface area contributed by atoms with Gasteiger partial charge in [-0.05, 0) is 13.1 Å². The fraction of sp³-hybridized carbons (Fsp3) is 0.583. The molecule has 0 fully saturated rings. The van der Waals surface area contributed by atoms with Crippen LogP contribution in [0.25, 0.3) is 0 Å². The first-order valence-corrected chi connectivity index (χ1v) is 7.16. The lowest BCUT2D eigenvalue weighted by molar-refractivity contribution is 0.0695. The number of thioether (sulfide) groups is 1. The number of aromatic carboxylic acids is 1. The minimum Gasteiger partial charge on any atom is -0.478 e. The molecule has 1 aromatic rings. The van der Waals surface area contributed by atoms with E-state index < -0.39 is 5.97 Å². The Morgan fingerprint density at radius 3 is 2.78 bits per heavy atom. The van der Waals surface area contributed by atoms with E-state index in [4.69, 9.17) is 5.11 Å². The van der Waals surface area contributed by atoms with Crippen molar-refractivity contribution in [3.05, 3.63) is 23.8 Å². The average Bonchev–Trinajstić information content (AvgIpc) is 2.39. The van der Waals surface area contributed by atoms with Crippen molar-refractivity contribution in [1.29, 1.82) is 0 Å². The molecule has 0 spiro atoms. The Balaban J connectivity index is 2.42. The van der Waals surface area contributed by atoms with E-state index >= 15 is 0 Å². The van der Waals surface area contributed by atoms with Crippen LogP contribution in [0.15, 0.2) is 12.5 Å². The van der Waals surface area contributed by atoms with E-state index in [2.05, 4.69) is 28.7 Å². The maximum absolute atomic E-state index is 11.0. The highest BCUT2D eigenvalue weighted by Gasteiger charge is 2.11. The fourth-order valence-corrected chi connectivity index (χ4v) is 2.51. The van der Waals surface area contributed by atoms with Crippen LogP contribution in [0.2, 0.25) is 0 Å². The summed E-state index contributed by atoms with van der Waals surface area (Å²) in [7, 11) is 0. The quantitative estimate of drug-likeness (QED) is 0.725. The lowest BCUT2D eigenvalue weighted by Crippen LogP contribution is -2.25. The maximum atomic E-state index is 11.0. The van der Waals surface area contributed by atoms with Gasteiger partial charge in [0.25, 0.3) is 0 Å². The van der Waals surface area contributed by atoms with Crippen LogP contribution < -0.4 is 0 Å². The molecule has 1 aromatic heterocycles. The Morgan fingerprint density at radius 1 is 1.44 bits per heavy atom. The summed E-state index contributed by atoms with van der Waals surface area (Å²) in [5.74, 6) is 0.630. The molecule has 0 aliphatic heterocycles. The molecule has 0 unspecified atom stereocenters. The summed E-state index contributed by atoms with van der Waals surface area (Å²) in [6, 6.07) is 0. The SMILES string of the molecule is CCN(CC)CCSCc1ncncc1C(=O)O. The predicted octanol–water partition coefficient (Wildman–Crippen LogP) is 1.75. The van der Waals surface area contributed by atoms with E-state index in [9.17, 15) is 4.79 Å². The Kier molecular flexibility index (Phi) is 6.67. The zero-order valence-corrected chi connectivity index (χ0v) is 11.6. The molecule has 6 heteroatoms. The fourth-order valence-electron chi connectivity index (χ4n) is 1.55. The lowest BCUT2D eigenvalue weighted by Gasteiger charge is -2.17. The minimum atomic E-state index is -0.963. The van der Waals surface area contributed by atoms with Crippen LogP contribution in [0.3, 0.4) is 0 Å². The van der Waals surface area contributed by atoms with E-state index in [1.807, 2.05) is 0 Å². The number of carboxylic acid groups (broad SMARTS) is 1. The monoisotopic (exact) mass is 269 g/mol. The molecule has 1 N–H and O–H groups in total. The normalized spacial score (nSPS) is 10.8. The number of hydrogen-bond acceptors (Lipinski definition) is 5. The highest BCUT2D eigenvalue weighted by atomic mass is 32.2. The summed E-state index contributed by atoms with van der Waals surface area (Å²) in [6.07, 6.45) is 2.75. The van der Waals surface area contributed by atoms with Gasteiger partial charge in [0.05, 0.1) is 5.69 Å². The first-order valence-electron chi connectivity index (χ1n) is 6.01. The summed E-state index contributed by atoms with van der Waals surface area (Å²) in [4.78, 5) is 21.1. The third kappa shape index (κ3) is 4.62. The van der Waals surface area contributed by atoms with Gasteiger partial charge in [-0.25, -0.2) is 14.8 Å². The van der Waals surface area contributed by atoms with Gasteiger partial charge in [0.1, 0.15) is 11.9 Å². The summed E-state index contributed by atoms with van der Waals surface area (Å²) in [5, 5.41) is 8.99. The van der Waals surface area contributed by atoms with E-state index in [-0.39, 0.29) is 5.56 Å². The van der Waals surface area contributed by atoms with Gasteiger partial charge >= 0.3 is 5.97 Å². The standard InChI is InChI=1S/C12H19N3O2S/c1-3-15(4-2)5-6-18-8-11-10(12(16)17)7-13-9-14-11/h7,9H,3-6,8H2,1-2H3,(H,16,17). The van der Waals surface area contributed by atoms with Crippen LogP contribution in [0.1, 0.15) is 29.9 Å². The van der Waals surface area contributed by atoms with Gasteiger partial charge in [-0.1, -0.05) is 13.8 Å². The molecule has 5 nitrogen and oxygen atoms in total. The van der Waals surface area contributed by atoms with E-state index in [1.54, 1.807) is 11.8 Å². The van der Waals surface area contributed by atoms with Gasteiger partial charge in [0, 0.05) is 24.2 Å². The molecule has 100 valence electrons. The van der Waals surface area contributed by atoms with Crippen molar-refractivity contribution in [3.63, 3.8) is 0 Å². The van der Waals surface area contributed by atoms with Gasteiger partial charge < -0.3 is 10.0 Å². The summed E-state index contributed by atoms with van der Waals surface area (Å²) in [6.45, 7) is 7.39. The smallest absolute Gasteiger partial charge is 0.339 e. The van der Waals surface area contributed by atoms with Crippen molar-refractivity contribution in [2.45, 2.75) is 19.6 Å². The Labute approximate surface area is 112 Å². The molecule has 0 bridgehead atoms. The Morgan fingerprint density at radius 2 is 2.17 bits per heavy atom. The Bertz CT molecular complexity index is 383. The highest BCUT2D eigenvalue weighted by Crippen LogP contribution is 2.13. The van der Waals surface area contributed by atoms with Crippen LogP contribution in [-0.4, -0.2) is 51.3 Å². The topological polar surface area (TPSA) is 66.3 Å². The number of rotatable bonds is 8. The molecular weight excluding hydrogens is 250 g/mol. The van der Waals surface area contributed by atoms with Crippen molar-refractivity contribution in [3.8, 4) is 0 Å². The van der Waals surface area contributed by atoms with Gasteiger partial charge in [-0.2, -0.15) is 11.8 Å². The molecular formula is C12H19N3O2S. The molecule has 0 atom stereocenters. The second-order valence-corrected chi connectivity index (χ2v) is 4.87. The third-order valence-corrected chi connectivity index (χ3v) is 3.66. The third-order valence-electron chi connectivity index (χ3n) is 2.71. The van der Waals surface area contributed by atoms with Gasteiger partial charge in [0.15, 0.2) is 0 Å². The largest absolute Gasteiger partial charge is 0.478 e. The maximum Gasteiger partial charge on any atom is 0.339 e. The summed E-state index contributed by atoms with van der Waals surface area (Å²) >= 11 is 1.70. The van der Waals surface area contributed by atoms with Crippen LogP contribution in [-0.2, 0) is 5.75 Å². The molecule has 0 aliphatic carbocycles. The molecule has 0 aliphatic rings. The van der Waals surface area contributed by atoms with Crippen LogP contribution in [0, 0.1) is 0 Å². The molecule has 0 saturated heterocycles. The number of hydrogen-bond donors (Lipinski definition) is 1. The second kappa shape index (κ2) is 8.05. The number of nitrogens with zero attached hydrogens (tertiary/aromatic N) is 3. The van der Waals surface area contributed by atoms with Crippen LogP contribution in [0.5, 0.6) is 0 Å². The van der Waals surface area contributed by atoms with E-state index in [0.29, 0.717) is 11.4 Å². The van der Waals surface area contributed by atoms with Crippen molar-refractivity contribution in [2.75, 3.05) is 25.4 Å². The first-order chi connectivity index (χ1) is 8.69. The lowest BCUT2D eigenvalue weighted by atomic mass is 10.2. The number of aromatic nitrogens is 2. The molecule has 0 amide bonds.